The summed E-state index contributed by atoms with van der Waals surface area (Å²) in [5, 5.41) is 0. The molecule has 0 saturated carbocycles. The molecule has 3 rings (SSSR count). The largest absolute Gasteiger partial charge is 5.00 e. The Balaban J connectivity index is -0.000000340. The quantitative estimate of drug-likeness (QED) is 0.267. The van der Waals surface area contributed by atoms with E-state index in [1.807, 2.05) is 91.0 Å². The maximum atomic E-state index is 7.50. The fourth-order valence-electron chi connectivity index (χ4n) is 1.82. The molecule has 0 aromatic heterocycles. The second-order valence-electron chi connectivity index (χ2n) is 4.50. The monoisotopic (exact) mass is 503 g/mol. The molecule has 0 aliphatic rings. The van der Waals surface area contributed by atoms with Gasteiger partial charge in [-0.15, -0.1) is 0 Å². The summed E-state index contributed by atoms with van der Waals surface area (Å²) in [7, 11) is -2.00. The molecule has 0 amide bonds. The van der Waals surface area contributed by atoms with Gasteiger partial charge in [0.15, 0.2) is 17.2 Å². The third-order valence-electron chi connectivity index (χ3n) is 2.83. The molecular weight excluding hydrogens is 487 g/mol. The van der Waals surface area contributed by atoms with Crippen LogP contribution in [0.25, 0.3) is 0 Å². The van der Waals surface area contributed by atoms with Gasteiger partial charge in [-0.3, -0.25) is 13.6 Å². The second-order valence-corrected chi connectivity index (χ2v) is 5.61. The van der Waals surface area contributed by atoms with Crippen molar-refractivity contribution in [1.29, 1.82) is 0 Å². The van der Waals surface area contributed by atoms with Crippen LogP contribution in [0.5, 0.6) is 17.2 Å². The van der Waals surface area contributed by atoms with E-state index in [0.29, 0.717) is 0 Å². The van der Waals surface area contributed by atoms with Crippen LogP contribution in [0, 0.1) is 33.3 Å². The molecule has 0 aliphatic carbocycles. The molecule has 161 valence electrons. The van der Waals surface area contributed by atoms with E-state index in [1.54, 1.807) is 0 Å². The molecule has 0 bridgehead atoms. The van der Waals surface area contributed by atoms with E-state index in [-0.39, 0.29) is 17.4 Å². The van der Waals surface area contributed by atoms with E-state index in [4.69, 9.17) is 36.8 Å². The van der Waals surface area contributed by atoms with Crippen LogP contribution in [-0.2, 0) is 40.6 Å². The van der Waals surface area contributed by atoms with Crippen LogP contribution in [0.1, 0.15) is 0 Å². The van der Waals surface area contributed by atoms with Gasteiger partial charge >= 0.3 is 82.5 Å². The van der Waals surface area contributed by atoms with E-state index in [1.165, 1.54) is 0 Å². The third kappa shape index (κ3) is 19.2. The van der Waals surface area contributed by atoms with Gasteiger partial charge in [0, 0.05) is 0 Å². The summed E-state index contributed by atoms with van der Waals surface area (Å²) in [6.07, 6.45) is 0. The molecule has 0 N–H and O–H groups in total. The zero-order chi connectivity index (χ0) is 25.0. The minimum Gasteiger partial charge on any atom is -0.273 e. The van der Waals surface area contributed by atoms with Crippen molar-refractivity contribution >= 4 is 8.60 Å². The molecule has 0 saturated heterocycles. The summed E-state index contributed by atoms with van der Waals surface area (Å²) < 4.78 is 55.1. The number of rotatable bonds is 6. The van der Waals surface area contributed by atoms with Crippen molar-refractivity contribution in [3.63, 3.8) is 0 Å². The Hall–Kier alpha value is -3.28. The van der Waals surface area contributed by atoms with Crippen LogP contribution in [-0.4, -0.2) is 0 Å². The van der Waals surface area contributed by atoms with Crippen LogP contribution in [0.2, 0.25) is 0 Å². The molecule has 0 aliphatic heterocycles. The molecule has 3 aromatic rings. The molecule has 1 radical (unpaired) electrons. The molecule has 3 aromatic carbocycles. The Bertz CT molecular complexity index is 764. The Morgan fingerprint density at radius 3 is 0.758 bits per heavy atom. The topological polar surface area (TPSA) is 127 Å². The number of para-hydroxylation sites is 3. The Morgan fingerprint density at radius 2 is 0.576 bits per heavy atom. The summed E-state index contributed by atoms with van der Waals surface area (Å²) in [4.78, 5) is 0. The zero-order valence-electron chi connectivity index (χ0n) is 16.8. The van der Waals surface area contributed by atoms with Crippen molar-refractivity contribution in [3.05, 3.63) is 124 Å². The third-order valence-corrected chi connectivity index (χ3v) is 4.04. The fourth-order valence-corrected chi connectivity index (χ4v) is 2.93. The molecule has 0 atom stereocenters. The Kier molecular flexibility index (Phi) is 34.7. The fraction of sp³-hybridized carbons (Fsp3) is 0. The standard InChI is InChI=1S/C18H16O3P.5CO.Cr/c1-4-10-16(11-5-1)19-22(20-17-12-6-2-7-13-17)21-18-14-8-3-9-15-18;5*1-2;/h1-15,22H;;;;;;/q+1;;;;;;+5. The normalized spacial score (nSPS) is 7.12. The summed E-state index contributed by atoms with van der Waals surface area (Å²) in [5.41, 5.74) is 0. The first-order valence-corrected chi connectivity index (χ1v) is 9.20. The van der Waals surface area contributed by atoms with Gasteiger partial charge in [0.05, 0.1) is 0 Å². The molecule has 0 spiro atoms. The van der Waals surface area contributed by atoms with Gasteiger partial charge in [0.2, 0.25) is 0 Å². The number of hydrogen-bond acceptors (Lipinski definition) is 3. The van der Waals surface area contributed by atoms with Crippen LogP contribution in [0.4, 0.5) is 0 Å². The van der Waals surface area contributed by atoms with Crippen LogP contribution < -0.4 is 13.6 Å². The SMILES string of the molecule is [C-]#[O+].[C-]#[O+].[C-]#[O+].[C-]#[O+].[C-]#[O+].[Cr+5].c1ccc(O[PH+](Oc2ccccc2)Oc2ccccc2)cc1. The average molecular weight is 503 g/mol. The van der Waals surface area contributed by atoms with Crippen LogP contribution in [0.3, 0.4) is 0 Å². The van der Waals surface area contributed by atoms with Gasteiger partial charge in [-0.05, 0) is 36.4 Å². The summed E-state index contributed by atoms with van der Waals surface area (Å²) >= 11 is 0. The van der Waals surface area contributed by atoms with Crippen LogP contribution in [0.15, 0.2) is 91.0 Å². The van der Waals surface area contributed by atoms with Crippen molar-refractivity contribution in [2.45, 2.75) is 0 Å². The molecule has 33 heavy (non-hydrogen) atoms. The molecule has 10 heteroatoms. The van der Waals surface area contributed by atoms with Crippen molar-refractivity contribution in [1.82, 2.24) is 0 Å². The predicted molar refractivity (Wildman–Crippen MR) is 109 cm³/mol. The molecular formula is C23H16CrO8P+6. The van der Waals surface area contributed by atoms with Gasteiger partial charge in [-0.1, -0.05) is 54.6 Å². The van der Waals surface area contributed by atoms with Crippen molar-refractivity contribution in [3.8, 4) is 17.2 Å². The summed E-state index contributed by atoms with van der Waals surface area (Å²) in [5.74, 6) is 2.18. The first-order valence-electron chi connectivity index (χ1n) is 7.98. The van der Waals surface area contributed by atoms with E-state index in [0.717, 1.165) is 17.2 Å². The van der Waals surface area contributed by atoms with Gasteiger partial charge in [0.1, 0.15) is 0 Å². The number of benzene rings is 3. The van der Waals surface area contributed by atoms with Gasteiger partial charge in [-0.2, -0.15) is 0 Å². The van der Waals surface area contributed by atoms with Gasteiger partial charge in [-0.25, -0.2) is 0 Å². The molecule has 0 unspecified atom stereocenters. The smallest absolute Gasteiger partial charge is 0.273 e. The van der Waals surface area contributed by atoms with E-state index >= 15 is 0 Å². The van der Waals surface area contributed by atoms with E-state index in [2.05, 4.69) is 33.3 Å². The molecule has 0 heterocycles. The minimum absolute atomic E-state index is 0. The predicted octanol–water partition coefficient (Wildman–Crippen LogP) is 4.99. The van der Waals surface area contributed by atoms with Crippen molar-refractivity contribution in [2.24, 2.45) is 0 Å². The average Bonchev–Trinajstić information content (AvgIpc) is 2.92. The van der Waals surface area contributed by atoms with E-state index in [9.17, 15) is 0 Å². The second kappa shape index (κ2) is 30.9. The minimum atomic E-state index is -2.00. The molecule has 8 nitrogen and oxygen atoms in total. The van der Waals surface area contributed by atoms with Crippen molar-refractivity contribution in [2.75, 3.05) is 0 Å². The molecule has 0 fully saturated rings. The van der Waals surface area contributed by atoms with Gasteiger partial charge in [0.25, 0.3) is 0 Å². The zero-order valence-corrected chi connectivity index (χ0v) is 19.1. The first-order chi connectivity index (χ1) is 15.9. The summed E-state index contributed by atoms with van der Waals surface area (Å²) in [6, 6.07) is 28.6. The van der Waals surface area contributed by atoms with Gasteiger partial charge < -0.3 is 0 Å². The first kappa shape index (κ1) is 37.1. The van der Waals surface area contributed by atoms with E-state index < -0.39 is 8.60 Å². The van der Waals surface area contributed by atoms with Crippen molar-refractivity contribution < 1.29 is 54.2 Å². The van der Waals surface area contributed by atoms with Crippen LogP contribution >= 0.6 is 8.60 Å². The Labute approximate surface area is 204 Å². The summed E-state index contributed by atoms with van der Waals surface area (Å²) in [6.45, 7) is 22.5. The Morgan fingerprint density at radius 1 is 0.394 bits per heavy atom. The number of hydrogen-bond donors (Lipinski definition) is 0. The maximum Gasteiger partial charge on any atom is 5.00 e. The maximum absolute atomic E-state index is 7.50.